The van der Waals surface area contributed by atoms with Crippen LogP contribution in [-0.2, 0) is 0 Å². The van der Waals surface area contributed by atoms with E-state index in [1.807, 2.05) is 34.5 Å². The van der Waals surface area contributed by atoms with E-state index in [2.05, 4.69) is 5.32 Å². The molecule has 1 N–H and O–H groups in total. The topological polar surface area (TPSA) is 32.3 Å². The van der Waals surface area contributed by atoms with E-state index >= 15 is 0 Å². The first-order chi connectivity index (χ1) is 8.63. The predicted molar refractivity (Wildman–Crippen MR) is 77.1 cm³/mol. The highest BCUT2D eigenvalue weighted by Crippen LogP contribution is 2.22. The van der Waals surface area contributed by atoms with Crippen molar-refractivity contribution in [1.82, 2.24) is 10.2 Å². The van der Waals surface area contributed by atoms with Crippen LogP contribution in [-0.4, -0.2) is 37.0 Å². The number of carbonyl (C=O) groups excluding carboxylic acids is 1. The molecule has 1 fully saturated rings. The van der Waals surface area contributed by atoms with Crippen molar-refractivity contribution in [3.8, 4) is 0 Å². The van der Waals surface area contributed by atoms with Gasteiger partial charge in [0.2, 0.25) is 0 Å². The van der Waals surface area contributed by atoms with E-state index in [9.17, 15) is 9.18 Å². The molecule has 1 amide bonds. The van der Waals surface area contributed by atoms with Crippen LogP contribution in [0.15, 0.2) is 18.2 Å². The van der Waals surface area contributed by atoms with Gasteiger partial charge in [0.25, 0.3) is 5.91 Å². The van der Waals surface area contributed by atoms with E-state index in [-0.39, 0.29) is 17.8 Å². The number of benzene rings is 1. The van der Waals surface area contributed by atoms with Crippen molar-refractivity contribution in [2.75, 3.05) is 20.1 Å². The normalized spacial score (nSPS) is 19.3. The second-order valence-electron chi connectivity index (χ2n) is 4.48. The number of likely N-dealkylation sites (tertiary alicyclic amines) is 1. The third-order valence-electron chi connectivity index (χ3n) is 3.24. The van der Waals surface area contributed by atoms with Gasteiger partial charge in [0, 0.05) is 22.7 Å². The fourth-order valence-electron chi connectivity index (χ4n) is 2.37. The summed E-state index contributed by atoms with van der Waals surface area (Å²) in [5.41, 5.74) is 0.597. The van der Waals surface area contributed by atoms with Crippen molar-refractivity contribution in [1.29, 1.82) is 0 Å². The van der Waals surface area contributed by atoms with Crippen LogP contribution in [0.1, 0.15) is 23.2 Å². The SMILES string of the molecule is CNCC1CCCN1C(=O)c1ccc(F)cc1I. The van der Waals surface area contributed by atoms with E-state index in [1.165, 1.54) is 12.1 Å². The molecule has 2 rings (SSSR count). The minimum absolute atomic E-state index is 0.0113. The lowest BCUT2D eigenvalue weighted by atomic mass is 10.1. The molecule has 1 unspecified atom stereocenters. The van der Waals surface area contributed by atoms with Crippen molar-refractivity contribution in [2.45, 2.75) is 18.9 Å². The summed E-state index contributed by atoms with van der Waals surface area (Å²) in [6.07, 6.45) is 2.07. The van der Waals surface area contributed by atoms with Crippen LogP contribution in [0, 0.1) is 9.39 Å². The quantitative estimate of drug-likeness (QED) is 0.837. The van der Waals surface area contributed by atoms with E-state index in [1.54, 1.807) is 6.07 Å². The zero-order valence-electron chi connectivity index (χ0n) is 10.2. The second-order valence-corrected chi connectivity index (χ2v) is 5.64. The molecule has 1 atom stereocenters. The van der Waals surface area contributed by atoms with Crippen molar-refractivity contribution in [2.24, 2.45) is 0 Å². The number of carbonyl (C=O) groups is 1. The van der Waals surface area contributed by atoms with Gasteiger partial charge < -0.3 is 10.2 Å². The second kappa shape index (κ2) is 5.97. The van der Waals surface area contributed by atoms with Gasteiger partial charge in [-0.15, -0.1) is 0 Å². The van der Waals surface area contributed by atoms with Gasteiger partial charge in [-0.2, -0.15) is 0 Å². The Bertz CT molecular complexity index is 453. The smallest absolute Gasteiger partial charge is 0.255 e. The van der Waals surface area contributed by atoms with E-state index < -0.39 is 0 Å². The zero-order valence-corrected chi connectivity index (χ0v) is 12.4. The van der Waals surface area contributed by atoms with Crippen LogP contribution in [0.5, 0.6) is 0 Å². The number of amides is 1. The van der Waals surface area contributed by atoms with E-state index in [0.717, 1.165) is 25.9 Å². The molecule has 98 valence electrons. The van der Waals surface area contributed by atoms with E-state index in [0.29, 0.717) is 9.13 Å². The molecule has 3 nitrogen and oxygen atoms in total. The van der Waals surface area contributed by atoms with Gasteiger partial charge in [-0.3, -0.25) is 4.79 Å². The van der Waals surface area contributed by atoms with Crippen LogP contribution in [0.2, 0.25) is 0 Å². The molecule has 0 aliphatic carbocycles. The Morgan fingerprint density at radius 3 is 3.06 bits per heavy atom. The molecule has 0 spiro atoms. The monoisotopic (exact) mass is 362 g/mol. The maximum absolute atomic E-state index is 13.0. The first-order valence-corrected chi connectivity index (χ1v) is 7.12. The molecule has 1 aliphatic heterocycles. The lowest BCUT2D eigenvalue weighted by Gasteiger charge is -2.25. The van der Waals surface area contributed by atoms with Crippen molar-refractivity contribution < 1.29 is 9.18 Å². The largest absolute Gasteiger partial charge is 0.334 e. The molecule has 0 bridgehead atoms. The summed E-state index contributed by atoms with van der Waals surface area (Å²) in [6.45, 7) is 1.60. The molecule has 1 aromatic rings. The molecule has 1 aromatic carbocycles. The fraction of sp³-hybridized carbons (Fsp3) is 0.462. The number of hydrogen-bond acceptors (Lipinski definition) is 2. The Morgan fingerprint density at radius 2 is 2.39 bits per heavy atom. The molecule has 5 heteroatoms. The molecule has 0 saturated carbocycles. The molecule has 0 radical (unpaired) electrons. The van der Waals surface area contributed by atoms with Crippen LogP contribution in [0.4, 0.5) is 4.39 Å². The van der Waals surface area contributed by atoms with Gasteiger partial charge in [-0.1, -0.05) is 0 Å². The molecular weight excluding hydrogens is 346 g/mol. The molecule has 1 saturated heterocycles. The maximum atomic E-state index is 13.0. The molecule has 0 aromatic heterocycles. The molecule has 1 aliphatic rings. The fourth-order valence-corrected chi connectivity index (χ4v) is 3.08. The number of nitrogens with one attached hydrogen (secondary N) is 1. The van der Waals surface area contributed by atoms with Gasteiger partial charge in [-0.25, -0.2) is 4.39 Å². The van der Waals surface area contributed by atoms with Crippen LogP contribution in [0.3, 0.4) is 0 Å². The number of hydrogen-bond donors (Lipinski definition) is 1. The van der Waals surface area contributed by atoms with Crippen molar-refractivity contribution >= 4 is 28.5 Å². The predicted octanol–water partition coefficient (Wildman–Crippen LogP) is 2.25. The summed E-state index contributed by atoms with van der Waals surface area (Å²) in [4.78, 5) is 14.3. The van der Waals surface area contributed by atoms with Crippen molar-refractivity contribution in [3.05, 3.63) is 33.1 Å². The first kappa shape index (κ1) is 13.7. The van der Waals surface area contributed by atoms with Gasteiger partial charge in [0.05, 0.1) is 5.56 Å². The third kappa shape index (κ3) is 2.83. The third-order valence-corrected chi connectivity index (χ3v) is 4.13. The molecular formula is C13H16FIN2O. The highest BCUT2D eigenvalue weighted by molar-refractivity contribution is 14.1. The summed E-state index contributed by atoms with van der Waals surface area (Å²) in [7, 11) is 1.89. The van der Waals surface area contributed by atoms with Gasteiger partial charge in [-0.05, 0) is 60.7 Å². The average molecular weight is 362 g/mol. The minimum atomic E-state index is -0.302. The molecule has 18 heavy (non-hydrogen) atoms. The maximum Gasteiger partial charge on any atom is 0.255 e. The standard InChI is InChI=1S/C13H16FIN2O/c1-16-8-10-3-2-6-17(10)13(18)11-5-4-9(14)7-12(11)15/h4-5,7,10,16H,2-3,6,8H2,1H3. The number of likely N-dealkylation sites (N-methyl/N-ethyl adjacent to an activating group) is 1. The van der Waals surface area contributed by atoms with Gasteiger partial charge in [0.1, 0.15) is 5.82 Å². The summed E-state index contributed by atoms with van der Waals surface area (Å²) in [5, 5.41) is 3.11. The first-order valence-electron chi connectivity index (χ1n) is 6.04. The van der Waals surface area contributed by atoms with Crippen LogP contribution >= 0.6 is 22.6 Å². The van der Waals surface area contributed by atoms with Gasteiger partial charge >= 0.3 is 0 Å². The Kier molecular flexibility index (Phi) is 4.55. The summed E-state index contributed by atoms with van der Waals surface area (Å²) < 4.78 is 13.7. The summed E-state index contributed by atoms with van der Waals surface area (Å²) in [5.74, 6) is -0.290. The number of nitrogens with zero attached hydrogens (tertiary/aromatic N) is 1. The zero-order chi connectivity index (χ0) is 13.1. The Morgan fingerprint density at radius 1 is 1.61 bits per heavy atom. The highest BCUT2D eigenvalue weighted by atomic mass is 127. The summed E-state index contributed by atoms with van der Waals surface area (Å²) in [6, 6.07) is 4.58. The highest BCUT2D eigenvalue weighted by Gasteiger charge is 2.29. The number of halogens is 2. The average Bonchev–Trinajstić information content (AvgIpc) is 2.77. The molecule has 1 heterocycles. The Labute approximate surface area is 120 Å². The minimum Gasteiger partial charge on any atom is -0.334 e. The van der Waals surface area contributed by atoms with Crippen LogP contribution in [0.25, 0.3) is 0 Å². The van der Waals surface area contributed by atoms with Crippen LogP contribution < -0.4 is 5.32 Å². The van der Waals surface area contributed by atoms with Gasteiger partial charge in [0.15, 0.2) is 0 Å². The summed E-state index contributed by atoms with van der Waals surface area (Å²) >= 11 is 2.01. The van der Waals surface area contributed by atoms with Crippen molar-refractivity contribution in [3.63, 3.8) is 0 Å². The van der Waals surface area contributed by atoms with E-state index in [4.69, 9.17) is 0 Å². The Balaban J connectivity index is 2.20. The lowest BCUT2D eigenvalue weighted by Crippen LogP contribution is -2.41. The Hall–Kier alpha value is -0.690. The lowest BCUT2D eigenvalue weighted by molar-refractivity contribution is 0.0736. The number of rotatable bonds is 3.